The van der Waals surface area contributed by atoms with Crippen molar-refractivity contribution < 1.29 is 19.0 Å². The number of aromatic nitrogens is 2. The van der Waals surface area contributed by atoms with Gasteiger partial charge < -0.3 is 24.8 Å². The van der Waals surface area contributed by atoms with Crippen LogP contribution in [0.5, 0.6) is 17.2 Å². The third-order valence-corrected chi connectivity index (χ3v) is 6.36. The normalized spacial score (nSPS) is 10.8. The second-order valence-corrected chi connectivity index (χ2v) is 8.64. The number of amides is 1. The first kappa shape index (κ1) is 22.4. The number of nitrogens with one attached hydrogen (secondary N) is 2. The van der Waals surface area contributed by atoms with Gasteiger partial charge in [0.2, 0.25) is 5.75 Å². The molecule has 3 aromatic carbocycles. The minimum absolute atomic E-state index is 0.258. The van der Waals surface area contributed by atoms with E-state index in [0.717, 1.165) is 31.9 Å². The molecule has 0 aliphatic heterocycles. The van der Waals surface area contributed by atoms with Gasteiger partial charge >= 0.3 is 0 Å². The van der Waals surface area contributed by atoms with Crippen molar-refractivity contribution in [2.24, 2.45) is 0 Å². The molecular formula is C26H22N4O4S. The van der Waals surface area contributed by atoms with E-state index >= 15 is 0 Å². The summed E-state index contributed by atoms with van der Waals surface area (Å²) < 4.78 is 17.0. The molecule has 9 heteroatoms. The van der Waals surface area contributed by atoms with Crippen LogP contribution in [-0.2, 0) is 0 Å². The first-order chi connectivity index (χ1) is 17.1. The lowest BCUT2D eigenvalue weighted by molar-refractivity contribution is 0.102. The Bertz CT molecular complexity index is 1520. The Morgan fingerprint density at radius 3 is 2.37 bits per heavy atom. The molecule has 0 aliphatic rings. The number of nitrogens with zero attached hydrogens (tertiary/aromatic N) is 2. The highest BCUT2D eigenvalue weighted by Crippen LogP contribution is 2.40. The summed E-state index contributed by atoms with van der Waals surface area (Å²) in [4.78, 5) is 22.0. The lowest BCUT2D eigenvalue weighted by atomic mass is 10.2. The van der Waals surface area contributed by atoms with Crippen molar-refractivity contribution in [3.8, 4) is 17.2 Å². The summed E-state index contributed by atoms with van der Waals surface area (Å²) in [6, 6.07) is 18.7. The van der Waals surface area contributed by atoms with Crippen LogP contribution in [0.2, 0.25) is 0 Å². The fourth-order valence-electron chi connectivity index (χ4n) is 3.75. The van der Waals surface area contributed by atoms with Gasteiger partial charge in [-0.25, -0.2) is 4.98 Å². The molecule has 8 nitrogen and oxygen atoms in total. The highest BCUT2D eigenvalue weighted by molar-refractivity contribution is 7.22. The smallest absolute Gasteiger partial charge is 0.255 e. The van der Waals surface area contributed by atoms with Crippen LogP contribution >= 0.6 is 11.3 Å². The molecule has 0 radical (unpaired) electrons. The van der Waals surface area contributed by atoms with Crippen molar-refractivity contribution in [1.82, 2.24) is 9.97 Å². The molecule has 2 N–H and O–H groups in total. The number of carbonyl (C=O) groups excluding carboxylic acids is 1. The molecule has 0 atom stereocenters. The number of benzene rings is 3. The predicted octanol–water partition coefficient (Wildman–Crippen LogP) is 5.87. The van der Waals surface area contributed by atoms with Crippen molar-refractivity contribution in [1.29, 1.82) is 0 Å². The molecule has 0 saturated carbocycles. The number of pyridine rings is 1. The Morgan fingerprint density at radius 2 is 1.63 bits per heavy atom. The Hall–Kier alpha value is -4.37. The number of ether oxygens (including phenoxy) is 3. The second kappa shape index (κ2) is 9.47. The topological polar surface area (TPSA) is 94.6 Å². The van der Waals surface area contributed by atoms with Gasteiger partial charge in [-0.05, 0) is 42.5 Å². The van der Waals surface area contributed by atoms with Crippen molar-refractivity contribution in [3.05, 3.63) is 72.4 Å². The van der Waals surface area contributed by atoms with Crippen LogP contribution in [0, 0.1) is 0 Å². The van der Waals surface area contributed by atoms with E-state index in [1.165, 1.54) is 32.7 Å². The molecule has 5 aromatic rings. The number of methoxy groups -OCH3 is 3. The van der Waals surface area contributed by atoms with Gasteiger partial charge in [0, 0.05) is 40.7 Å². The molecular weight excluding hydrogens is 464 g/mol. The van der Waals surface area contributed by atoms with Gasteiger partial charge in [0.1, 0.15) is 0 Å². The largest absolute Gasteiger partial charge is 0.493 e. The number of hydrogen-bond acceptors (Lipinski definition) is 8. The van der Waals surface area contributed by atoms with Crippen LogP contribution in [0.15, 0.2) is 66.9 Å². The number of carbonyl (C=O) groups is 1. The Kier molecular flexibility index (Phi) is 6.07. The highest BCUT2D eigenvalue weighted by atomic mass is 32.1. The molecule has 2 aromatic heterocycles. The lowest BCUT2D eigenvalue weighted by Crippen LogP contribution is -2.12. The predicted molar refractivity (Wildman–Crippen MR) is 139 cm³/mol. The Balaban J connectivity index is 1.37. The van der Waals surface area contributed by atoms with Crippen LogP contribution in [0.25, 0.3) is 21.1 Å². The summed E-state index contributed by atoms with van der Waals surface area (Å²) in [5.74, 6) is 1.12. The maximum atomic E-state index is 13.0. The average molecular weight is 487 g/mol. The van der Waals surface area contributed by atoms with E-state index in [0.29, 0.717) is 28.5 Å². The zero-order chi connectivity index (χ0) is 24.4. The van der Waals surface area contributed by atoms with Crippen LogP contribution in [0.4, 0.5) is 16.5 Å². The number of anilines is 3. The summed E-state index contributed by atoms with van der Waals surface area (Å²) in [7, 11) is 4.59. The highest BCUT2D eigenvalue weighted by Gasteiger charge is 2.16. The van der Waals surface area contributed by atoms with Crippen LogP contribution < -0.4 is 24.8 Å². The molecule has 0 bridgehead atoms. The fraction of sp³-hybridized carbons (Fsp3) is 0.115. The summed E-state index contributed by atoms with van der Waals surface area (Å²) in [6.45, 7) is 0. The van der Waals surface area contributed by atoms with Gasteiger partial charge in [0.05, 0.1) is 37.1 Å². The Morgan fingerprint density at radius 1 is 0.857 bits per heavy atom. The van der Waals surface area contributed by atoms with Gasteiger partial charge in [-0.1, -0.05) is 17.4 Å². The van der Waals surface area contributed by atoms with Gasteiger partial charge in [-0.15, -0.1) is 0 Å². The minimum atomic E-state index is -0.258. The molecule has 0 fully saturated rings. The van der Waals surface area contributed by atoms with Gasteiger partial charge in [-0.3, -0.25) is 9.78 Å². The van der Waals surface area contributed by atoms with Crippen molar-refractivity contribution in [2.75, 3.05) is 32.0 Å². The monoisotopic (exact) mass is 486 g/mol. The zero-order valence-corrected chi connectivity index (χ0v) is 20.1. The summed E-state index contributed by atoms with van der Waals surface area (Å²) >= 11 is 1.48. The number of thiazole rings is 1. The third-order valence-electron chi connectivity index (χ3n) is 5.43. The van der Waals surface area contributed by atoms with Crippen LogP contribution in [-0.4, -0.2) is 37.2 Å². The van der Waals surface area contributed by atoms with Crippen molar-refractivity contribution >= 4 is 54.9 Å². The van der Waals surface area contributed by atoms with Crippen molar-refractivity contribution in [3.63, 3.8) is 0 Å². The summed E-state index contributed by atoms with van der Waals surface area (Å²) in [5.41, 5.74) is 3.71. The maximum Gasteiger partial charge on any atom is 0.255 e. The molecule has 0 spiro atoms. The number of fused-ring (bicyclic) bond motifs is 2. The standard InChI is InChI=1S/C26H22N4O4S/c1-32-21-13-18(14-22(33-2)24(21)34-3)28-25(31)16-6-8-20-23(12-16)35-26(30-20)29-17-7-9-19-15(11-17)5-4-10-27-19/h4-14H,1-3H3,(H,28,31)(H,29,30). The first-order valence-electron chi connectivity index (χ1n) is 10.7. The maximum absolute atomic E-state index is 13.0. The fourth-order valence-corrected chi connectivity index (χ4v) is 4.68. The molecule has 5 rings (SSSR count). The van der Waals surface area contributed by atoms with E-state index in [1.807, 2.05) is 42.5 Å². The van der Waals surface area contributed by atoms with E-state index in [4.69, 9.17) is 14.2 Å². The minimum Gasteiger partial charge on any atom is -0.493 e. The molecule has 176 valence electrons. The van der Waals surface area contributed by atoms with E-state index in [-0.39, 0.29) is 5.91 Å². The van der Waals surface area contributed by atoms with Crippen LogP contribution in [0.3, 0.4) is 0 Å². The number of hydrogen-bond donors (Lipinski definition) is 2. The van der Waals surface area contributed by atoms with E-state index in [2.05, 4.69) is 20.6 Å². The summed E-state index contributed by atoms with van der Waals surface area (Å²) in [6.07, 6.45) is 1.78. The SMILES string of the molecule is COc1cc(NC(=O)c2ccc3nc(Nc4ccc5ncccc5c4)sc3c2)cc(OC)c1OC. The lowest BCUT2D eigenvalue weighted by Gasteiger charge is -2.14. The van der Waals surface area contributed by atoms with Crippen molar-refractivity contribution in [2.45, 2.75) is 0 Å². The molecule has 0 aliphatic carbocycles. The first-order valence-corrected chi connectivity index (χ1v) is 11.5. The molecule has 0 unspecified atom stereocenters. The second-order valence-electron chi connectivity index (χ2n) is 7.61. The zero-order valence-electron chi connectivity index (χ0n) is 19.3. The molecule has 1 amide bonds. The van der Waals surface area contributed by atoms with E-state index in [9.17, 15) is 4.79 Å². The number of rotatable bonds is 7. The van der Waals surface area contributed by atoms with E-state index < -0.39 is 0 Å². The molecule has 0 saturated heterocycles. The van der Waals surface area contributed by atoms with Crippen LogP contribution in [0.1, 0.15) is 10.4 Å². The average Bonchev–Trinajstić information content (AvgIpc) is 3.29. The van der Waals surface area contributed by atoms with Gasteiger partial charge in [0.15, 0.2) is 16.6 Å². The van der Waals surface area contributed by atoms with Gasteiger partial charge in [-0.2, -0.15) is 0 Å². The molecule has 2 heterocycles. The summed E-state index contributed by atoms with van der Waals surface area (Å²) in [5, 5.41) is 8.03. The van der Waals surface area contributed by atoms with Gasteiger partial charge in [0.25, 0.3) is 5.91 Å². The third kappa shape index (κ3) is 4.53. The van der Waals surface area contributed by atoms with E-state index in [1.54, 1.807) is 24.4 Å². The Labute approximate surface area is 205 Å². The quantitative estimate of drug-likeness (QED) is 0.297. The molecule has 35 heavy (non-hydrogen) atoms.